The van der Waals surface area contributed by atoms with Crippen LogP contribution in [0, 0.1) is 17.8 Å². The van der Waals surface area contributed by atoms with Gasteiger partial charge in [-0.15, -0.1) is 0 Å². The number of ether oxygens (including phenoxy) is 3. The summed E-state index contributed by atoms with van der Waals surface area (Å²) in [6.07, 6.45) is -1.02. The van der Waals surface area contributed by atoms with E-state index < -0.39 is 18.0 Å². The zero-order valence-electron chi connectivity index (χ0n) is 14.8. The number of hydrogen-bond acceptors (Lipinski definition) is 5. The molecule has 2 saturated heterocycles. The van der Waals surface area contributed by atoms with E-state index in [1.165, 1.54) is 12.1 Å². The zero-order valence-corrected chi connectivity index (χ0v) is 14.8. The van der Waals surface area contributed by atoms with E-state index in [1.54, 1.807) is 19.2 Å². The van der Waals surface area contributed by atoms with Crippen molar-refractivity contribution in [2.24, 2.45) is 17.8 Å². The van der Waals surface area contributed by atoms with Gasteiger partial charge in [0.05, 0.1) is 17.2 Å². The number of hydrogen-bond donors (Lipinski definition) is 1. The van der Waals surface area contributed by atoms with Crippen molar-refractivity contribution in [3.63, 3.8) is 0 Å². The van der Waals surface area contributed by atoms with Gasteiger partial charge in [-0.25, -0.2) is 9.59 Å². The van der Waals surface area contributed by atoms with Crippen LogP contribution in [0.4, 0.5) is 0 Å². The number of benzene rings is 1. The molecule has 0 unspecified atom stereocenters. The van der Waals surface area contributed by atoms with E-state index in [1.807, 2.05) is 6.92 Å². The third-order valence-electron chi connectivity index (χ3n) is 5.76. The number of carboxylic acid groups (broad SMARTS) is 1. The Bertz CT molecular complexity index is 670. The SMILES string of the molecule is CO[C@@H]1[C@@H](C)[C@H]2O[C@H]([C@@H](C)[C@@H]2C)[C@@H]1OC(=O)c1ccccc1C(=O)O. The van der Waals surface area contributed by atoms with Crippen LogP contribution in [-0.4, -0.2) is 48.6 Å². The van der Waals surface area contributed by atoms with E-state index in [2.05, 4.69) is 13.8 Å². The molecule has 2 fully saturated rings. The molecule has 0 radical (unpaired) electrons. The fraction of sp³-hybridized carbons (Fsp3) is 0.579. The van der Waals surface area contributed by atoms with Gasteiger partial charge in [-0.05, 0) is 24.0 Å². The van der Waals surface area contributed by atoms with Crippen molar-refractivity contribution >= 4 is 11.9 Å². The standard InChI is InChI=1S/C19H24O6/c1-9-10(2)16-17(15(23-4)11(3)14(9)24-16)25-19(22)13-8-6-5-7-12(13)18(20)21/h5-11,14-17H,1-4H3,(H,20,21)/t9-,10-,11-,14-,15+,16+,17+/m0/s1. The highest BCUT2D eigenvalue weighted by Crippen LogP contribution is 2.46. The van der Waals surface area contributed by atoms with Crippen LogP contribution in [0.1, 0.15) is 41.5 Å². The summed E-state index contributed by atoms with van der Waals surface area (Å²) in [5, 5.41) is 9.29. The van der Waals surface area contributed by atoms with Gasteiger partial charge in [-0.1, -0.05) is 32.9 Å². The molecule has 25 heavy (non-hydrogen) atoms. The normalized spacial score (nSPS) is 36.9. The highest BCUT2D eigenvalue weighted by atomic mass is 16.6. The number of carboxylic acids is 1. The van der Waals surface area contributed by atoms with Crippen LogP contribution < -0.4 is 0 Å². The van der Waals surface area contributed by atoms with Crippen LogP contribution in [0.15, 0.2) is 24.3 Å². The number of rotatable bonds is 4. The maximum atomic E-state index is 12.7. The van der Waals surface area contributed by atoms with E-state index in [-0.39, 0.29) is 41.3 Å². The number of methoxy groups -OCH3 is 1. The Morgan fingerprint density at radius 3 is 2.16 bits per heavy atom. The lowest BCUT2D eigenvalue weighted by Gasteiger charge is -2.40. The van der Waals surface area contributed by atoms with Crippen LogP contribution in [-0.2, 0) is 14.2 Å². The minimum Gasteiger partial charge on any atom is -0.478 e. The first-order valence-electron chi connectivity index (χ1n) is 8.58. The van der Waals surface area contributed by atoms with E-state index in [0.717, 1.165) is 0 Å². The van der Waals surface area contributed by atoms with E-state index in [0.29, 0.717) is 5.92 Å². The van der Waals surface area contributed by atoms with Crippen LogP contribution in [0.2, 0.25) is 0 Å². The molecule has 0 aromatic heterocycles. The van der Waals surface area contributed by atoms with Gasteiger partial charge in [0, 0.05) is 13.0 Å². The maximum Gasteiger partial charge on any atom is 0.339 e. The Kier molecular flexibility index (Phi) is 4.84. The summed E-state index contributed by atoms with van der Waals surface area (Å²) in [6.45, 7) is 6.27. The zero-order chi connectivity index (χ0) is 18.3. The summed E-state index contributed by atoms with van der Waals surface area (Å²) in [6, 6.07) is 6.05. The smallest absolute Gasteiger partial charge is 0.339 e. The number of carbonyl (C=O) groups is 2. The average molecular weight is 348 g/mol. The van der Waals surface area contributed by atoms with Gasteiger partial charge >= 0.3 is 11.9 Å². The molecule has 2 bridgehead atoms. The van der Waals surface area contributed by atoms with Gasteiger partial charge in [0.1, 0.15) is 12.2 Å². The van der Waals surface area contributed by atoms with E-state index >= 15 is 0 Å². The predicted molar refractivity (Wildman–Crippen MR) is 89.6 cm³/mol. The Balaban J connectivity index is 1.88. The van der Waals surface area contributed by atoms with Crippen LogP contribution >= 0.6 is 0 Å². The molecule has 3 rings (SSSR count). The lowest BCUT2D eigenvalue weighted by atomic mass is 9.88. The summed E-state index contributed by atoms with van der Waals surface area (Å²) in [7, 11) is 1.60. The predicted octanol–water partition coefficient (Wildman–Crippen LogP) is 2.61. The van der Waals surface area contributed by atoms with Crippen molar-refractivity contribution in [1.29, 1.82) is 0 Å². The lowest BCUT2D eigenvalue weighted by Crippen LogP contribution is -2.53. The quantitative estimate of drug-likeness (QED) is 0.842. The average Bonchev–Trinajstić information content (AvgIpc) is 2.86. The van der Waals surface area contributed by atoms with Crippen LogP contribution in [0.3, 0.4) is 0 Å². The van der Waals surface area contributed by atoms with E-state index in [9.17, 15) is 14.7 Å². The molecular weight excluding hydrogens is 324 g/mol. The van der Waals surface area contributed by atoms with Crippen molar-refractivity contribution in [1.82, 2.24) is 0 Å². The Labute approximate surface area is 147 Å². The van der Waals surface area contributed by atoms with Gasteiger partial charge < -0.3 is 19.3 Å². The summed E-state index contributed by atoms with van der Waals surface area (Å²) in [5.41, 5.74) is -0.0321. The maximum absolute atomic E-state index is 12.7. The van der Waals surface area contributed by atoms with E-state index in [4.69, 9.17) is 14.2 Å². The van der Waals surface area contributed by atoms with Crippen molar-refractivity contribution in [2.45, 2.75) is 45.2 Å². The third kappa shape index (κ3) is 2.93. The molecule has 136 valence electrons. The fourth-order valence-corrected chi connectivity index (χ4v) is 4.20. The summed E-state index contributed by atoms with van der Waals surface area (Å²) >= 11 is 0. The van der Waals surface area contributed by atoms with Gasteiger partial charge in [-0.2, -0.15) is 0 Å². The number of esters is 1. The topological polar surface area (TPSA) is 82.1 Å². The molecule has 0 saturated carbocycles. The molecule has 1 aromatic rings. The summed E-state index contributed by atoms with van der Waals surface area (Å²) in [5.74, 6) is -1.18. The highest BCUT2D eigenvalue weighted by Gasteiger charge is 2.56. The minimum atomic E-state index is -1.16. The molecule has 1 aromatic carbocycles. The second kappa shape index (κ2) is 6.77. The Hall–Kier alpha value is -1.92. The first-order chi connectivity index (χ1) is 11.9. The van der Waals surface area contributed by atoms with Crippen molar-refractivity contribution in [3.8, 4) is 0 Å². The molecule has 1 N–H and O–H groups in total. The van der Waals surface area contributed by atoms with Gasteiger partial charge in [0.15, 0.2) is 6.10 Å². The molecule has 7 atom stereocenters. The van der Waals surface area contributed by atoms with Crippen molar-refractivity contribution in [3.05, 3.63) is 35.4 Å². The molecule has 0 aliphatic carbocycles. The molecular formula is C19H24O6. The van der Waals surface area contributed by atoms with Crippen LogP contribution in [0.25, 0.3) is 0 Å². The first-order valence-corrected chi connectivity index (χ1v) is 8.58. The summed E-state index contributed by atoms with van der Waals surface area (Å²) in [4.78, 5) is 24.0. The van der Waals surface area contributed by atoms with Crippen molar-refractivity contribution in [2.75, 3.05) is 7.11 Å². The Morgan fingerprint density at radius 2 is 1.56 bits per heavy atom. The van der Waals surface area contributed by atoms with Crippen molar-refractivity contribution < 1.29 is 28.9 Å². The highest BCUT2D eigenvalue weighted by molar-refractivity contribution is 6.02. The molecule has 0 amide bonds. The summed E-state index contributed by atoms with van der Waals surface area (Å²) < 4.78 is 17.5. The second-order valence-electron chi connectivity index (χ2n) is 7.06. The van der Waals surface area contributed by atoms with Gasteiger partial charge in [0.2, 0.25) is 0 Å². The number of fused-ring (bicyclic) bond motifs is 2. The third-order valence-corrected chi connectivity index (χ3v) is 5.76. The largest absolute Gasteiger partial charge is 0.478 e. The molecule has 6 heteroatoms. The fourth-order valence-electron chi connectivity index (χ4n) is 4.20. The Morgan fingerprint density at radius 1 is 0.960 bits per heavy atom. The molecule has 2 heterocycles. The minimum absolute atomic E-state index is 0.0401. The molecule has 2 aliphatic rings. The number of aromatic carboxylic acids is 1. The molecule has 2 aliphatic heterocycles. The monoisotopic (exact) mass is 348 g/mol. The number of carbonyl (C=O) groups excluding carboxylic acids is 1. The van der Waals surface area contributed by atoms with Gasteiger partial charge in [-0.3, -0.25) is 0 Å². The second-order valence-corrected chi connectivity index (χ2v) is 7.06. The van der Waals surface area contributed by atoms with Crippen LogP contribution in [0.5, 0.6) is 0 Å². The molecule has 6 nitrogen and oxygen atoms in total. The molecule has 0 spiro atoms. The lowest BCUT2D eigenvalue weighted by molar-refractivity contribution is -0.183. The first kappa shape index (κ1) is 17.9. The van der Waals surface area contributed by atoms with Gasteiger partial charge in [0.25, 0.3) is 0 Å².